The number of nitrogens with zero attached hydrogens (tertiary/aromatic N) is 2. The van der Waals surface area contributed by atoms with Gasteiger partial charge in [0.15, 0.2) is 0 Å². The maximum absolute atomic E-state index is 8.25. The van der Waals surface area contributed by atoms with E-state index < -0.39 is 6.47 Å². The number of benzene rings is 3. The second-order valence-electron chi connectivity index (χ2n) is 8.21. The van der Waals surface area contributed by atoms with Crippen molar-refractivity contribution in [3.63, 3.8) is 0 Å². The van der Waals surface area contributed by atoms with Gasteiger partial charge in [-0.05, 0) is 55.2 Å². The zero-order valence-corrected chi connectivity index (χ0v) is 19.5. The molecule has 0 aliphatic carbocycles. The number of para-hydroxylation sites is 1. The van der Waals surface area contributed by atoms with Crippen LogP contribution >= 0.6 is 0 Å². The normalized spacial score (nSPS) is 12.4. The first-order valence-electron chi connectivity index (χ1n) is 11.4. The average molecular weight is 456 g/mol. The lowest BCUT2D eigenvalue weighted by Gasteiger charge is -2.08. The Morgan fingerprint density at radius 3 is 2.50 bits per heavy atom. The first kappa shape index (κ1) is 23.1. The molecule has 3 aromatic carbocycles. The highest BCUT2D eigenvalue weighted by Crippen LogP contribution is 2.32. The molecule has 1 N–H and O–H groups in total. The summed E-state index contributed by atoms with van der Waals surface area (Å²) in [4.78, 5) is 8.25. The first-order chi connectivity index (χ1) is 16.7. The van der Waals surface area contributed by atoms with Crippen LogP contribution in [0, 0.1) is 6.92 Å². The number of anilines is 1. The molecule has 0 saturated heterocycles. The lowest BCUT2D eigenvalue weighted by Crippen LogP contribution is -2.36. The van der Waals surface area contributed by atoms with Gasteiger partial charge in [0.25, 0.3) is 0 Å². The Labute approximate surface area is 200 Å². The van der Waals surface area contributed by atoms with E-state index in [0.717, 1.165) is 48.9 Å². The predicted octanol–water partition coefficient (Wildman–Crippen LogP) is 3.99. The van der Waals surface area contributed by atoms with Gasteiger partial charge in [-0.1, -0.05) is 54.1 Å². The van der Waals surface area contributed by atoms with E-state index in [9.17, 15) is 0 Å². The number of aryl methyl sites for hydroxylation is 1. The molecule has 0 atom stereocenters. The summed E-state index contributed by atoms with van der Waals surface area (Å²) in [6.45, 7) is 3.60. The number of hydrogen-bond acceptors (Lipinski definition) is 4. The molecule has 34 heavy (non-hydrogen) atoms. The number of aromatic nitrogens is 2. The molecular weight excluding hydrogens is 426 g/mol. The summed E-state index contributed by atoms with van der Waals surface area (Å²) >= 11 is 0. The molecule has 174 valence electrons. The molecule has 0 spiro atoms. The number of carboxylic acid groups (broad SMARTS) is 1. The molecule has 2 heterocycles. The van der Waals surface area contributed by atoms with Gasteiger partial charge in [-0.2, -0.15) is 0 Å². The summed E-state index contributed by atoms with van der Waals surface area (Å²) in [7, 11) is 1.74. The number of methoxy groups -OCH3 is 1. The van der Waals surface area contributed by atoms with Crippen LogP contribution in [0.25, 0.3) is 28.1 Å². The van der Waals surface area contributed by atoms with Crippen LogP contribution < -0.4 is 19.7 Å². The van der Waals surface area contributed by atoms with Gasteiger partial charge in [-0.25, -0.2) is 9.13 Å². The zero-order chi connectivity index (χ0) is 23.9. The van der Waals surface area contributed by atoms with Crippen LogP contribution in [0.2, 0.25) is 0 Å². The summed E-state index contributed by atoms with van der Waals surface area (Å²) in [5, 5.41) is 11.9. The number of fused-ring (bicyclic) bond motifs is 1. The van der Waals surface area contributed by atoms with Crippen molar-refractivity contribution in [2.24, 2.45) is 0 Å². The van der Waals surface area contributed by atoms with Crippen molar-refractivity contribution in [1.82, 2.24) is 4.57 Å². The van der Waals surface area contributed by atoms with E-state index in [0.29, 0.717) is 0 Å². The maximum Gasteiger partial charge on any atom is 0.362 e. The quantitative estimate of drug-likeness (QED) is 0.373. The standard InChI is InChI=1S/C27H27N3O.CH2O2/c1-20-9-7-10-21(17-20)22-11-8-12-23(18-22)30-19-25(24-13-3-4-14-26(24)31-2)29-16-6-5-15-28-27(29)30;2-1-3/h3-4,7-14,17-19H,5-6,15-16H2,1-2H3;1H,(H,2,3). The van der Waals surface area contributed by atoms with Crippen LogP contribution in [0.5, 0.6) is 5.75 Å². The predicted molar refractivity (Wildman–Crippen MR) is 132 cm³/mol. The lowest BCUT2D eigenvalue weighted by atomic mass is 10.0. The Morgan fingerprint density at radius 2 is 1.74 bits per heavy atom. The van der Waals surface area contributed by atoms with Crippen molar-refractivity contribution < 1.29 is 19.2 Å². The molecule has 6 nitrogen and oxygen atoms in total. The maximum atomic E-state index is 8.25. The van der Waals surface area contributed by atoms with Crippen molar-refractivity contribution in [2.75, 3.05) is 19.0 Å². The molecule has 1 aliphatic heterocycles. The molecule has 0 bridgehead atoms. The van der Waals surface area contributed by atoms with Gasteiger partial charge in [-0.15, -0.1) is 0 Å². The molecule has 6 heteroatoms. The fourth-order valence-electron chi connectivity index (χ4n) is 4.43. The highest BCUT2D eigenvalue weighted by Gasteiger charge is 2.27. The number of ether oxygens (including phenoxy) is 1. The third-order valence-electron chi connectivity index (χ3n) is 5.98. The van der Waals surface area contributed by atoms with Crippen LogP contribution in [0.1, 0.15) is 18.4 Å². The van der Waals surface area contributed by atoms with E-state index in [2.05, 4.69) is 88.2 Å². The highest BCUT2D eigenvalue weighted by atomic mass is 16.5. The molecule has 4 aromatic rings. The lowest BCUT2D eigenvalue weighted by molar-refractivity contribution is -0.670. The summed E-state index contributed by atoms with van der Waals surface area (Å²) in [6, 6.07) is 25.7. The first-order valence-corrected chi connectivity index (χ1v) is 11.4. The van der Waals surface area contributed by atoms with Crippen molar-refractivity contribution in [3.8, 4) is 33.8 Å². The van der Waals surface area contributed by atoms with Crippen LogP contribution in [-0.2, 0) is 11.3 Å². The minimum absolute atomic E-state index is 0.500. The summed E-state index contributed by atoms with van der Waals surface area (Å²) in [6.07, 6.45) is 4.55. The highest BCUT2D eigenvalue weighted by molar-refractivity contribution is 5.69. The number of nitrogens with one attached hydrogen (secondary N) is 1. The molecule has 1 aliphatic rings. The topological polar surface area (TPSA) is 70.2 Å². The number of imidazole rings is 1. The van der Waals surface area contributed by atoms with Gasteiger partial charge in [-0.3, -0.25) is 5.32 Å². The molecule has 5 rings (SSSR count). The van der Waals surface area contributed by atoms with Crippen molar-refractivity contribution in [1.29, 1.82) is 0 Å². The van der Waals surface area contributed by atoms with Gasteiger partial charge in [0.05, 0.1) is 25.8 Å². The van der Waals surface area contributed by atoms with Gasteiger partial charge in [0, 0.05) is 6.47 Å². The number of carbonyl (C=O) groups is 1. The number of rotatable bonds is 4. The van der Waals surface area contributed by atoms with E-state index in [1.54, 1.807) is 7.11 Å². The molecule has 0 fully saturated rings. The third-order valence-corrected chi connectivity index (χ3v) is 5.98. The molecule has 0 amide bonds. The van der Waals surface area contributed by atoms with Crippen LogP contribution in [0.15, 0.2) is 79.0 Å². The Morgan fingerprint density at radius 1 is 1.00 bits per heavy atom. The van der Waals surface area contributed by atoms with Gasteiger partial charge in [0.2, 0.25) is 0 Å². The van der Waals surface area contributed by atoms with Crippen molar-refractivity contribution >= 4 is 12.4 Å². The fourth-order valence-corrected chi connectivity index (χ4v) is 4.43. The van der Waals surface area contributed by atoms with Crippen molar-refractivity contribution in [3.05, 3.63) is 84.6 Å². The molecule has 0 unspecified atom stereocenters. The van der Waals surface area contributed by atoms with Gasteiger partial charge >= 0.3 is 5.95 Å². The van der Waals surface area contributed by atoms with E-state index in [1.165, 1.54) is 22.4 Å². The van der Waals surface area contributed by atoms with E-state index in [-0.39, 0.29) is 0 Å². The Hall–Kier alpha value is -4.06. The summed E-state index contributed by atoms with van der Waals surface area (Å²) in [5.74, 6) is 2.02. The Balaban J connectivity index is 0.000000868. The summed E-state index contributed by atoms with van der Waals surface area (Å²) < 4.78 is 10.4. The van der Waals surface area contributed by atoms with Crippen LogP contribution in [-0.4, -0.2) is 24.7 Å². The van der Waals surface area contributed by atoms with E-state index in [4.69, 9.17) is 14.6 Å². The van der Waals surface area contributed by atoms with E-state index in [1.807, 2.05) is 12.1 Å². The molecule has 0 radical (unpaired) electrons. The number of carbonyl (C=O) groups excluding carboxylic acids is 1. The van der Waals surface area contributed by atoms with Gasteiger partial charge in [0.1, 0.15) is 23.3 Å². The largest absolute Gasteiger partial charge is 0.554 e. The van der Waals surface area contributed by atoms with Crippen LogP contribution in [0.3, 0.4) is 0 Å². The fraction of sp³-hybridized carbons (Fsp3) is 0.214. The Bertz CT molecular complexity index is 1280. The molecule has 1 aromatic heterocycles. The average Bonchev–Trinajstić information content (AvgIpc) is 3.04. The second kappa shape index (κ2) is 10.7. The minimum Gasteiger partial charge on any atom is -0.554 e. The second-order valence-corrected chi connectivity index (χ2v) is 8.21. The summed E-state index contributed by atoms with van der Waals surface area (Å²) in [5.41, 5.74) is 7.17. The SMILES string of the molecule is COc1ccccc1-c1cn(-c2cccc(-c3cccc(C)c3)c2)c2[n+]1CCCCN2.O=C[O-]. The smallest absolute Gasteiger partial charge is 0.362 e. The zero-order valence-electron chi connectivity index (χ0n) is 19.5. The monoisotopic (exact) mass is 455 g/mol. The number of hydrogen-bond donors (Lipinski definition) is 1. The molecular formula is C28H29N3O3. The van der Waals surface area contributed by atoms with Gasteiger partial charge < -0.3 is 14.6 Å². The third kappa shape index (κ3) is 4.81. The van der Waals surface area contributed by atoms with Crippen LogP contribution in [0.4, 0.5) is 5.95 Å². The Kier molecular flexibility index (Phi) is 7.28. The molecule has 0 saturated carbocycles. The van der Waals surface area contributed by atoms with E-state index >= 15 is 0 Å². The van der Waals surface area contributed by atoms with Crippen molar-refractivity contribution in [2.45, 2.75) is 26.3 Å². The minimum atomic E-state index is -0.500.